The summed E-state index contributed by atoms with van der Waals surface area (Å²) < 4.78 is 0. The molecule has 1 aliphatic carbocycles. The summed E-state index contributed by atoms with van der Waals surface area (Å²) in [5, 5.41) is 2.66. The van der Waals surface area contributed by atoms with Gasteiger partial charge in [-0.2, -0.15) is 37.8 Å². The first-order valence-corrected chi connectivity index (χ1v) is 15.5. The fraction of sp³-hybridized carbons (Fsp3) is 0.208. The van der Waals surface area contributed by atoms with Crippen molar-refractivity contribution >= 4 is 33.9 Å². The molecule has 0 aromatic heterocycles. The van der Waals surface area contributed by atoms with E-state index < -0.39 is 20.8 Å². The van der Waals surface area contributed by atoms with Crippen LogP contribution in [-0.2, 0) is 20.8 Å². The second-order valence-electron chi connectivity index (χ2n) is 5.81. The Morgan fingerprint density at radius 3 is 2.41 bits per heavy atom. The zero-order valence-electron chi connectivity index (χ0n) is 16.0. The van der Waals surface area contributed by atoms with Crippen molar-refractivity contribution in [3.8, 4) is 0 Å². The van der Waals surface area contributed by atoms with Gasteiger partial charge in [-0.1, -0.05) is 48.9 Å². The molecule has 4 rings (SSSR count). The predicted octanol–water partition coefficient (Wildman–Crippen LogP) is 8.58. The fourth-order valence-electron chi connectivity index (χ4n) is 2.99. The average Bonchev–Trinajstić information content (AvgIpc) is 3.36. The van der Waals surface area contributed by atoms with Crippen molar-refractivity contribution in [2.24, 2.45) is 0 Å². The molecule has 144 valence electrons. The topological polar surface area (TPSA) is 0 Å². The minimum atomic E-state index is -0.826. The minimum Gasteiger partial charge on any atom is -0.168 e. The predicted molar refractivity (Wildman–Crippen MR) is 120 cm³/mol. The molecule has 1 aliphatic rings. The summed E-state index contributed by atoms with van der Waals surface area (Å²) in [6, 6.07) is 23.4. The van der Waals surface area contributed by atoms with E-state index >= 15 is 0 Å². The van der Waals surface area contributed by atoms with E-state index in [9.17, 15) is 0 Å². The molecule has 0 nitrogen and oxygen atoms in total. The van der Waals surface area contributed by atoms with Crippen LogP contribution in [0.1, 0.15) is 43.7 Å². The second kappa shape index (κ2) is 15.2. The number of allylic oxidation sites excluding steroid dienone is 1. The van der Waals surface area contributed by atoms with Crippen molar-refractivity contribution in [1.82, 2.24) is 0 Å². The Kier molecular flexibility index (Phi) is 13.7. The molecule has 0 fully saturated rings. The average molecular weight is 478 g/mol. The Balaban J connectivity index is 0.000000227. The van der Waals surface area contributed by atoms with E-state index in [0.29, 0.717) is 5.92 Å². The van der Waals surface area contributed by atoms with Gasteiger partial charge in [-0.15, -0.1) is 29.7 Å². The van der Waals surface area contributed by atoms with Gasteiger partial charge in [0.25, 0.3) is 0 Å². The van der Waals surface area contributed by atoms with E-state index in [1.807, 2.05) is 0 Å². The first-order valence-electron chi connectivity index (χ1n) is 9.12. The van der Waals surface area contributed by atoms with Crippen molar-refractivity contribution in [1.29, 1.82) is 0 Å². The Labute approximate surface area is 183 Å². The molecule has 3 aromatic carbocycles. The molecule has 0 saturated carbocycles. The van der Waals surface area contributed by atoms with Gasteiger partial charge < -0.3 is 13.3 Å². The third kappa shape index (κ3) is 8.43. The SMILES string of the molecule is C[CH-]CCC1C=Cc2ccccc21.[CH2-]C.[Cl][Zr][Cl].c1ccc2[cH-]ccc2c1. The van der Waals surface area contributed by atoms with E-state index in [-0.39, 0.29) is 0 Å². The van der Waals surface area contributed by atoms with Crippen molar-refractivity contribution in [2.45, 2.75) is 32.6 Å². The molecule has 1 unspecified atom stereocenters. The molecule has 0 saturated heterocycles. The maximum absolute atomic E-state index is 4.93. The van der Waals surface area contributed by atoms with Gasteiger partial charge in [-0.25, -0.2) is 0 Å². The molecule has 3 aromatic rings. The number of hydrogen-bond donors (Lipinski definition) is 0. The summed E-state index contributed by atoms with van der Waals surface area (Å²) in [6.45, 7) is 7.13. The summed E-state index contributed by atoms with van der Waals surface area (Å²) in [5.41, 5.74) is 2.91. The van der Waals surface area contributed by atoms with E-state index in [1.54, 1.807) is 6.92 Å². The standard InChI is InChI=1S/C13H15.C9H7.C2H5.2ClH.Zr/c1-2-3-6-11-9-10-12-7-4-5-8-13(11)12;1-2-5-9-7-3-6-8(9)4-1;1-2;;;/h2,4-5,7-11H,3,6H2,1H3;1-7H;1H2,2H3;2*1H;/q3*-1;;;+2/p-2. The molecule has 0 spiro atoms. The summed E-state index contributed by atoms with van der Waals surface area (Å²) in [6.07, 6.45) is 9.28. The quantitative estimate of drug-likeness (QED) is 0.331. The Hall–Kier alpha value is -0.747. The van der Waals surface area contributed by atoms with Crippen LogP contribution in [0.2, 0.25) is 0 Å². The second-order valence-corrected chi connectivity index (χ2v) is 9.54. The number of rotatable bonds is 3. The molecular weight excluding hydrogens is 450 g/mol. The minimum absolute atomic E-state index is 0.660. The van der Waals surface area contributed by atoms with Crippen LogP contribution in [0.4, 0.5) is 0 Å². The zero-order chi connectivity index (χ0) is 19.9. The number of unbranched alkanes of at least 4 members (excludes halogenated alkanes) is 1. The van der Waals surface area contributed by atoms with Crippen molar-refractivity contribution < 1.29 is 20.8 Å². The maximum Gasteiger partial charge on any atom is -0.0809 e. The van der Waals surface area contributed by atoms with Gasteiger partial charge in [-0.3, -0.25) is 0 Å². The summed E-state index contributed by atoms with van der Waals surface area (Å²) in [7, 11) is 9.87. The molecule has 3 heteroatoms. The number of benzene rings is 2. The van der Waals surface area contributed by atoms with Gasteiger partial charge in [0.1, 0.15) is 0 Å². The van der Waals surface area contributed by atoms with E-state index in [1.165, 1.54) is 34.7 Å². The fourth-order valence-corrected chi connectivity index (χ4v) is 2.99. The van der Waals surface area contributed by atoms with Crippen LogP contribution in [0, 0.1) is 13.3 Å². The van der Waals surface area contributed by atoms with Crippen LogP contribution in [0.3, 0.4) is 0 Å². The molecule has 0 amide bonds. The normalized spacial score (nSPS) is 13.3. The first kappa shape index (κ1) is 24.3. The summed E-state index contributed by atoms with van der Waals surface area (Å²) in [4.78, 5) is 0. The van der Waals surface area contributed by atoms with Gasteiger partial charge in [0.05, 0.1) is 0 Å². The number of halogens is 2. The Morgan fingerprint density at radius 2 is 1.70 bits per heavy atom. The van der Waals surface area contributed by atoms with Crippen LogP contribution in [-0.4, -0.2) is 0 Å². The van der Waals surface area contributed by atoms with Crippen LogP contribution in [0.15, 0.2) is 72.8 Å². The van der Waals surface area contributed by atoms with Crippen LogP contribution < -0.4 is 0 Å². The van der Waals surface area contributed by atoms with Gasteiger partial charge in [-0.05, 0) is 11.1 Å². The van der Waals surface area contributed by atoms with E-state index in [4.69, 9.17) is 17.0 Å². The summed E-state index contributed by atoms with van der Waals surface area (Å²) >= 11 is -0.826. The van der Waals surface area contributed by atoms with Crippen molar-refractivity contribution in [3.63, 3.8) is 0 Å². The van der Waals surface area contributed by atoms with E-state index in [2.05, 4.69) is 99.2 Å². The molecule has 1 atom stereocenters. The van der Waals surface area contributed by atoms with Crippen molar-refractivity contribution in [2.75, 3.05) is 0 Å². The molecular formula is C24H27Cl2Zr-3. The van der Waals surface area contributed by atoms with Crippen LogP contribution in [0.25, 0.3) is 16.8 Å². The van der Waals surface area contributed by atoms with Gasteiger partial charge in [0.15, 0.2) is 0 Å². The summed E-state index contributed by atoms with van der Waals surface area (Å²) in [5.74, 6) is 0.660. The molecule has 0 bridgehead atoms. The van der Waals surface area contributed by atoms with Crippen molar-refractivity contribution in [3.05, 3.63) is 97.3 Å². The van der Waals surface area contributed by atoms with Gasteiger partial charge in [0.2, 0.25) is 0 Å². The maximum atomic E-state index is 4.93. The first-order chi connectivity index (χ1) is 13.3. The third-order valence-electron chi connectivity index (χ3n) is 4.22. The molecule has 0 aliphatic heterocycles. The van der Waals surface area contributed by atoms with Gasteiger partial charge >= 0.3 is 37.9 Å². The van der Waals surface area contributed by atoms with Gasteiger partial charge in [0, 0.05) is 5.92 Å². The number of fused-ring (bicyclic) bond motifs is 2. The third-order valence-corrected chi connectivity index (χ3v) is 4.22. The molecule has 0 radical (unpaired) electrons. The van der Waals surface area contributed by atoms with Crippen LogP contribution in [0.5, 0.6) is 0 Å². The number of hydrogen-bond acceptors (Lipinski definition) is 0. The molecule has 0 heterocycles. The Bertz CT molecular complexity index is 746. The molecule has 0 N–H and O–H groups in total. The largest absolute Gasteiger partial charge is 0.168 e. The van der Waals surface area contributed by atoms with Crippen LogP contribution >= 0.6 is 17.0 Å². The molecule has 27 heavy (non-hydrogen) atoms. The zero-order valence-corrected chi connectivity index (χ0v) is 20.0. The monoisotopic (exact) mass is 475 g/mol. The Morgan fingerprint density at radius 1 is 1.04 bits per heavy atom. The smallest absolute Gasteiger partial charge is 0.0809 e. The van der Waals surface area contributed by atoms with E-state index in [0.717, 1.165) is 0 Å².